The second-order valence-electron chi connectivity index (χ2n) is 6.30. The van der Waals surface area contributed by atoms with Gasteiger partial charge in [0.1, 0.15) is 18.0 Å². The van der Waals surface area contributed by atoms with Crippen LogP contribution in [0.15, 0.2) is 42.5 Å². The van der Waals surface area contributed by atoms with Gasteiger partial charge in [0.25, 0.3) is 0 Å². The number of amidine groups is 1. The molecule has 1 aliphatic carbocycles. The molecule has 0 saturated heterocycles. The van der Waals surface area contributed by atoms with Crippen molar-refractivity contribution >= 4 is 11.5 Å². The van der Waals surface area contributed by atoms with Gasteiger partial charge in [-0.3, -0.25) is 5.32 Å². The average molecular weight is 328 g/mol. The number of hydrogen-bond acceptors (Lipinski definition) is 2. The summed E-state index contributed by atoms with van der Waals surface area (Å²) in [6, 6.07) is 12.3. The predicted octanol–water partition coefficient (Wildman–Crippen LogP) is 2.22. The molecule has 2 aromatic rings. The Morgan fingerprint density at radius 3 is 2.71 bits per heavy atom. The number of halogens is 1. The SMILES string of the molecule is CC(NCc1ccc(F)cc1)=[N+](C)c1ccc2c(c1)[C@@H](N)[C@H](O)C2. The van der Waals surface area contributed by atoms with E-state index in [1.807, 2.05) is 36.7 Å². The number of benzene rings is 2. The minimum Gasteiger partial charge on any atom is -0.391 e. The van der Waals surface area contributed by atoms with Crippen LogP contribution in [0, 0.1) is 5.82 Å². The second-order valence-corrected chi connectivity index (χ2v) is 6.30. The van der Waals surface area contributed by atoms with Crippen LogP contribution in [0.2, 0.25) is 0 Å². The molecule has 0 saturated carbocycles. The van der Waals surface area contributed by atoms with Gasteiger partial charge >= 0.3 is 0 Å². The summed E-state index contributed by atoms with van der Waals surface area (Å²) in [5, 5.41) is 13.2. The Bertz CT molecular complexity index is 771. The maximum atomic E-state index is 12.9. The number of nitrogens with two attached hydrogens (primary N) is 1. The first-order chi connectivity index (χ1) is 11.5. The molecule has 1 aliphatic rings. The fourth-order valence-corrected chi connectivity index (χ4v) is 2.99. The van der Waals surface area contributed by atoms with Crippen molar-refractivity contribution in [1.82, 2.24) is 5.32 Å². The van der Waals surface area contributed by atoms with E-state index in [0.717, 1.165) is 28.2 Å². The third-order valence-corrected chi connectivity index (χ3v) is 4.68. The van der Waals surface area contributed by atoms with Crippen LogP contribution in [-0.2, 0) is 13.0 Å². The molecule has 0 aromatic heterocycles. The molecular formula is C19H23FN3O+. The first-order valence-corrected chi connectivity index (χ1v) is 8.08. The molecule has 3 rings (SSSR count). The first-order valence-electron chi connectivity index (χ1n) is 8.08. The molecule has 0 unspecified atom stereocenters. The fraction of sp³-hybridized carbons (Fsp3) is 0.316. The Hall–Kier alpha value is -2.24. The Kier molecular flexibility index (Phi) is 4.64. The number of aliphatic hydroxyl groups is 1. The van der Waals surface area contributed by atoms with E-state index in [9.17, 15) is 9.50 Å². The Balaban J connectivity index is 1.76. The fourth-order valence-electron chi connectivity index (χ4n) is 2.99. The predicted molar refractivity (Wildman–Crippen MR) is 92.8 cm³/mol. The van der Waals surface area contributed by atoms with E-state index in [4.69, 9.17) is 5.73 Å². The van der Waals surface area contributed by atoms with Gasteiger partial charge in [0, 0.05) is 13.3 Å². The van der Waals surface area contributed by atoms with Crippen LogP contribution < -0.4 is 11.1 Å². The lowest BCUT2D eigenvalue weighted by atomic mass is 10.1. The highest BCUT2D eigenvalue weighted by molar-refractivity contribution is 5.75. The van der Waals surface area contributed by atoms with E-state index in [1.165, 1.54) is 12.1 Å². The molecule has 0 heterocycles. The van der Waals surface area contributed by atoms with Crippen LogP contribution in [0.5, 0.6) is 0 Å². The summed E-state index contributed by atoms with van der Waals surface area (Å²) in [5.74, 6) is 0.750. The molecule has 4 nitrogen and oxygen atoms in total. The maximum absolute atomic E-state index is 12.9. The molecule has 0 spiro atoms. The van der Waals surface area contributed by atoms with Gasteiger partial charge < -0.3 is 10.8 Å². The topological polar surface area (TPSA) is 61.3 Å². The molecular weight excluding hydrogens is 305 g/mol. The molecule has 4 N–H and O–H groups in total. The third-order valence-electron chi connectivity index (χ3n) is 4.68. The first kappa shape index (κ1) is 16.6. The van der Waals surface area contributed by atoms with Crippen molar-refractivity contribution in [3.8, 4) is 0 Å². The zero-order chi connectivity index (χ0) is 17.3. The third kappa shape index (κ3) is 3.32. The van der Waals surface area contributed by atoms with Crippen molar-refractivity contribution < 1.29 is 14.1 Å². The molecule has 0 radical (unpaired) electrons. The highest BCUT2D eigenvalue weighted by Gasteiger charge is 2.28. The summed E-state index contributed by atoms with van der Waals surface area (Å²) in [5.41, 5.74) is 10.2. The number of nitrogens with one attached hydrogen (secondary N) is 1. The van der Waals surface area contributed by atoms with Gasteiger partial charge in [-0.25, -0.2) is 8.97 Å². The largest absolute Gasteiger partial charge is 0.391 e. The molecule has 2 atom stereocenters. The maximum Gasteiger partial charge on any atom is 0.246 e. The van der Waals surface area contributed by atoms with Crippen molar-refractivity contribution in [3.05, 3.63) is 65.0 Å². The number of aliphatic hydroxyl groups excluding tert-OH is 1. The Labute approximate surface area is 141 Å². The molecule has 2 aromatic carbocycles. The number of fused-ring (bicyclic) bond motifs is 1. The van der Waals surface area contributed by atoms with Crippen molar-refractivity contribution in [3.63, 3.8) is 0 Å². The van der Waals surface area contributed by atoms with Crippen LogP contribution in [-0.4, -0.2) is 28.7 Å². The minimum absolute atomic E-state index is 0.228. The zero-order valence-electron chi connectivity index (χ0n) is 14.0. The van der Waals surface area contributed by atoms with Gasteiger partial charge in [-0.2, -0.15) is 0 Å². The van der Waals surface area contributed by atoms with Crippen LogP contribution in [0.3, 0.4) is 0 Å². The van der Waals surface area contributed by atoms with Crippen LogP contribution in [0.25, 0.3) is 0 Å². The monoisotopic (exact) mass is 328 g/mol. The van der Waals surface area contributed by atoms with E-state index >= 15 is 0 Å². The molecule has 24 heavy (non-hydrogen) atoms. The smallest absolute Gasteiger partial charge is 0.246 e. The van der Waals surface area contributed by atoms with Crippen molar-refractivity contribution in [1.29, 1.82) is 0 Å². The number of rotatable bonds is 3. The van der Waals surface area contributed by atoms with E-state index in [1.54, 1.807) is 12.1 Å². The second kappa shape index (κ2) is 6.71. The quantitative estimate of drug-likeness (QED) is 0.460. The summed E-state index contributed by atoms with van der Waals surface area (Å²) >= 11 is 0. The Morgan fingerprint density at radius 2 is 2.00 bits per heavy atom. The Morgan fingerprint density at radius 1 is 1.29 bits per heavy atom. The van der Waals surface area contributed by atoms with Crippen LogP contribution >= 0.6 is 0 Å². The molecule has 0 amide bonds. The highest BCUT2D eigenvalue weighted by atomic mass is 19.1. The standard InChI is InChI=1S/C19H22FN3O/c1-12(22-11-13-3-6-15(20)7-4-13)23(2)16-8-5-14-9-18(24)19(21)17(14)10-16/h3-8,10,18-19,24H,9,11,21H2,1-2H3/p+1/t18-,19-/m1/s1. The molecule has 5 heteroatoms. The number of nitrogens with zero attached hydrogens (tertiary/aromatic N) is 1. The van der Waals surface area contributed by atoms with E-state index in [-0.39, 0.29) is 11.9 Å². The van der Waals surface area contributed by atoms with Gasteiger partial charge in [-0.15, -0.1) is 0 Å². The summed E-state index contributed by atoms with van der Waals surface area (Å²) in [4.78, 5) is 0. The zero-order valence-corrected chi connectivity index (χ0v) is 14.0. The van der Waals surface area contributed by atoms with Gasteiger partial charge in [0.2, 0.25) is 5.84 Å². The highest BCUT2D eigenvalue weighted by Crippen LogP contribution is 2.32. The van der Waals surface area contributed by atoms with E-state index in [2.05, 4.69) is 5.32 Å². The summed E-state index contributed by atoms with van der Waals surface area (Å²) in [7, 11) is 1.98. The van der Waals surface area contributed by atoms with Crippen LogP contribution in [0.1, 0.15) is 29.7 Å². The molecule has 0 aliphatic heterocycles. The molecule has 126 valence electrons. The summed E-state index contributed by atoms with van der Waals surface area (Å²) in [6.07, 6.45) is 0.119. The van der Waals surface area contributed by atoms with E-state index < -0.39 is 6.10 Å². The minimum atomic E-state index is -0.498. The van der Waals surface area contributed by atoms with Gasteiger partial charge in [-0.1, -0.05) is 18.2 Å². The average Bonchev–Trinajstić information content (AvgIpc) is 2.87. The van der Waals surface area contributed by atoms with Crippen molar-refractivity contribution in [2.75, 3.05) is 7.05 Å². The number of hydrogen-bond donors (Lipinski definition) is 3. The van der Waals surface area contributed by atoms with Crippen molar-refractivity contribution in [2.45, 2.75) is 32.0 Å². The summed E-state index contributed by atoms with van der Waals surface area (Å²) in [6.45, 7) is 2.62. The molecule has 0 fully saturated rings. The molecule has 0 bridgehead atoms. The van der Waals surface area contributed by atoms with Crippen LogP contribution in [0.4, 0.5) is 10.1 Å². The van der Waals surface area contributed by atoms with E-state index in [0.29, 0.717) is 13.0 Å². The lowest BCUT2D eigenvalue weighted by Gasteiger charge is -2.11. The lowest BCUT2D eigenvalue weighted by molar-refractivity contribution is -0.408. The summed E-state index contributed by atoms with van der Waals surface area (Å²) < 4.78 is 15.0. The lowest BCUT2D eigenvalue weighted by Crippen LogP contribution is -2.27. The van der Waals surface area contributed by atoms with Gasteiger partial charge in [0.15, 0.2) is 0 Å². The normalized spacial score (nSPS) is 20.5. The van der Waals surface area contributed by atoms with Gasteiger partial charge in [0.05, 0.1) is 19.2 Å². The van der Waals surface area contributed by atoms with Crippen molar-refractivity contribution in [2.24, 2.45) is 5.73 Å². The van der Waals surface area contributed by atoms with Gasteiger partial charge in [-0.05, 0) is 41.0 Å².